The molecule has 0 bridgehead atoms. The number of carbonyl (C=O) groups excluding carboxylic acids is 1. The average molecular weight is 374 g/mol. The molecule has 0 saturated heterocycles. The number of benzene rings is 4. The van der Waals surface area contributed by atoms with Crippen molar-refractivity contribution in [3.8, 4) is 0 Å². The second-order valence-electron chi connectivity index (χ2n) is 7.66. The van der Waals surface area contributed by atoms with Crippen molar-refractivity contribution in [1.29, 1.82) is 0 Å². The van der Waals surface area contributed by atoms with Gasteiger partial charge in [-0.3, -0.25) is 4.79 Å². The molecule has 0 spiro atoms. The molecule has 4 aromatic rings. The smallest absolute Gasteiger partial charge is 0.185 e. The Labute approximate surface area is 171 Å². The fourth-order valence-corrected chi connectivity index (χ4v) is 4.31. The molecule has 0 unspecified atom stereocenters. The molecule has 1 saturated carbocycles. The molecule has 29 heavy (non-hydrogen) atoms. The zero-order chi connectivity index (χ0) is 19.6. The predicted molar refractivity (Wildman–Crippen MR) is 123 cm³/mol. The molecule has 0 atom stereocenters. The highest BCUT2D eigenvalue weighted by Crippen LogP contribution is 2.31. The number of rotatable bonds is 2. The van der Waals surface area contributed by atoms with Crippen LogP contribution < -0.4 is 0 Å². The van der Waals surface area contributed by atoms with Crippen molar-refractivity contribution in [1.82, 2.24) is 0 Å². The summed E-state index contributed by atoms with van der Waals surface area (Å²) in [6, 6.07) is 29.3. The molecular weight excluding hydrogens is 352 g/mol. The number of carbonyl (C=O) groups is 1. The molecule has 5 rings (SSSR count). The average Bonchev–Trinajstić information content (AvgIpc) is 2.77. The zero-order valence-corrected chi connectivity index (χ0v) is 16.3. The summed E-state index contributed by atoms with van der Waals surface area (Å²) in [6.45, 7) is 0. The van der Waals surface area contributed by atoms with Gasteiger partial charge in [0.2, 0.25) is 0 Å². The third-order valence-electron chi connectivity index (χ3n) is 5.78. The van der Waals surface area contributed by atoms with Gasteiger partial charge in [-0.15, -0.1) is 0 Å². The van der Waals surface area contributed by atoms with Crippen LogP contribution in [0.1, 0.15) is 30.4 Å². The molecule has 140 valence electrons. The Balaban J connectivity index is 1.55. The van der Waals surface area contributed by atoms with Crippen molar-refractivity contribution in [2.45, 2.75) is 19.3 Å². The Kier molecular flexibility index (Phi) is 4.57. The first kappa shape index (κ1) is 17.6. The molecule has 1 nitrogen and oxygen atoms in total. The van der Waals surface area contributed by atoms with Crippen molar-refractivity contribution in [3.05, 3.63) is 107 Å². The van der Waals surface area contributed by atoms with Gasteiger partial charge in [0.05, 0.1) is 0 Å². The lowest BCUT2D eigenvalue weighted by Crippen LogP contribution is -2.12. The molecule has 0 N–H and O–H groups in total. The van der Waals surface area contributed by atoms with Crippen LogP contribution in [0.15, 0.2) is 96.1 Å². The van der Waals surface area contributed by atoms with E-state index in [2.05, 4.69) is 97.1 Å². The maximum Gasteiger partial charge on any atom is 0.185 e. The van der Waals surface area contributed by atoms with E-state index in [-0.39, 0.29) is 5.78 Å². The Morgan fingerprint density at radius 2 is 1.00 bits per heavy atom. The van der Waals surface area contributed by atoms with Gasteiger partial charge < -0.3 is 0 Å². The predicted octanol–water partition coefficient (Wildman–Crippen LogP) is 7.21. The molecule has 0 aromatic heterocycles. The minimum absolute atomic E-state index is 0.192. The molecular formula is C28H22O. The number of ketones is 1. The quantitative estimate of drug-likeness (QED) is 0.339. The molecule has 1 heteroatoms. The van der Waals surface area contributed by atoms with E-state index in [4.69, 9.17) is 0 Å². The van der Waals surface area contributed by atoms with Gasteiger partial charge in [0.15, 0.2) is 5.78 Å². The van der Waals surface area contributed by atoms with Gasteiger partial charge in [-0.05, 0) is 64.1 Å². The van der Waals surface area contributed by atoms with E-state index in [1.807, 2.05) is 0 Å². The normalized spacial score (nSPS) is 17.4. The number of Topliss-reactive ketones (excluding diaryl/α,β-unsaturated/α-hetero) is 1. The van der Waals surface area contributed by atoms with Crippen LogP contribution in [0.25, 0.3) is 33.7 Å². The summed E-state index contributed by atoms with van der Waals surface area (Å²) < 4.78 is 0. The van der Waals surface area contributed by atoms with Crippen LogP contribution in [-0.4, -0.2) is 5.78 Å². The number of hydrogen-bond acceptors (Lipinski definition) is 1. The number of hydrogen-bond donors (Lipinski definition) is 0. The van der Waals surface area contributed by atoms with E-state index in [1.165, 1.54) is 21.5 Å². The Morgan fingerprint density at radius 1 is 0.552 bits per heavy atom. The Morgan fingerprint density at radius 3 is 1.52 bits per heavy atom. The minimum Gasteiger partial charge on any atom is -0.289 e. The van der Waals surface area contributed by atoms with Crippen molar-refractivity contribution in [2.24, 2.45) is 0 Å². The van der Waals surface area contributed by atoms with Crippen molar-refractivity contribution < 1.29 is 4.79 Å². The van der Waals surface area contributed by atoms with Crippen molar-refractivity contribution in [3.63, 3.8) is 0 Å². The summed E-state index contributed by atoms with van der Waals surface area (Å²) in [5.41, 5.74) is 4.08. The van der Waals surface area contributed by atoms with Crippen LogP contribution in [0.2, 0.25) is 0 Å². The van der Waals surface area contributed by atoms with Gasteiger partial charge in [-0.2, -0.15) is 0 Å². The van der Waals surface area contributed by atoms with E-state index in [1.54, 1.807) is 0 Å². The van der Waals surface area contributed by atoms with Crippen molar-refractivity contribution in [2.75, 3.05) is 0 Å². The Bertz CT molecular complexity index is 1180. The summed E-state index contributed by atoms with van der Waals surface area (Å²) >= 11 is 0. The Hall–Kier alpha value is -3.45. The molecule has 0 amide bonds. The van der Waals surface area contributed by atoms with Gasteiger partial charge in [0.1, 0.15) is 0 Å². The van der Waals surface area contributed by atoms with Gasteiger partial charge in [-0.1, -0.05) is 84.9 Å². The van der Waals surface area contributed by atoms with E-state index in [0.29, 0.717) is 0 Å². The van der Waals surface area contributed by atoms with Crippen LogP contribution in [0.3, 0.4) is 0 Å². The lowest BCUT2D eigenvalue weighted by Gasteiger charge is -2.17. The van der Waals surface area contributed by atoms with Gasteiger partial charge in [-0.25, -0.2) is 0 Å². The summed E-state index contributed by atoms with van der Waals surface area (Å²) in [6.07, 6.45) is 6.89. The van der Waals surface area contributed by atoms with Crippen molar-refractivity contribution >= 4 is 39.5 Å². The second kappa shape index (κ2) is 7.52. The fraction of sp³-hybridized carbons (Fsp3) is 0.107. The molecule has 1 aliphatic carbocycles. The molecule has 0 aliphatic heterocycles. The third-order valence-corrected chi connectivity index (χ3v) is 5.78. The summed E-state index contributed by atoms with van der Waals surface area (Å²) in [4.78, 5) is 13.3. The van der Waals surface area contributed by atoms with E-state index >= 15 is 0 Å². The molecule has 4 aromatic carbocycles. The highest BCUT2D eigenvalue weighted by Gasteiger charge is 2.21. The standard InChI is InChI=1S/C28H22O/c29-28-24(18-22-12-5-10-20-8-1-3-16-26(20)22)14-7-15-25(28)19-23-13-6-11-21-9-2-4-17-27(21)23/h1-6,8-13,16-19H,7,14-15H2/b24-18+,25-19+. The van der Waals surface area contributed by atoms with E-state index in [0.717, 1.165) is 41.5 Å². The van der Waals surface area contributed by atoms with Gasteiger partial charge >= 0.3 is 0 Å². The SMILES string of the molecule is O=C1/C(=C/c2cccc3ccccc23)CCC/C1=C\c1cccc2ccccc12. The molecule has 1 fully saturated rings. The summed E-state index contributed by atoms with van der Waals surface area (Å²) in [5, 5.41) is 4.80. The molecule has 0 radical (unpaired) electrons. The topological polar surface area (TPSA) is 17.1 Å². The van der Waals surface area contributed by atoms with Crippen LogP contribution in [0.5, 0.6) is 0 Å². The van der Waals surface area contributed by atoms with Gasteiger partial charge in [0.25, 0.3) is 0 Å². The maximum absolute atomic E-state index is 13.3. The first-order chi connectivity index (χ1) is 14.3. The fourth-order valence-electron chi connectivity index (χ4n) is 4.31. The van der Waals surface area contributed by atoms with Crippen LogP contribution >= 0.6 is 0 Å². The van der Waals surface area contributed by atoms with Crippen LogP contribution in [0, 0.1) is 0 Å². The largest absolute Gasteiger partial charge is 0.289 e. The highest BCUT2D eigenvalue weighted by molar-refractivity contribution is 6.15. The lowest BCUT2D eigenvalue weighted by atomic mass is 9.86. The number of allylic oxidation sites excluding steroid dienone is 2. The first-order valence-electron chi connectivity index (χ1n) is 10.2. The minimum atomic E-state index is 0.192. The third kappa shape index (κ3) is 3.40. The second-order valence-corrected chi connectivity index (χ2v) is 7.66. The first-order valence-corrected chi connectivity index (χ1v) is 10.2. The lowest BCUT2D eigenvalue weighted by molar-refractivity contribution is -0.112. The summed E-state index contributed by atoms with van der Waals surface area (Å²) in [5.74, 6) is 0.192. The van der Waals surface area contributed by atoms with E-state index in [9.17, 15) is 4.79 Å². The summed E-state index contributed by atoms with van der Waals surface area (Å²) in [7, 11) is 0. The van der Waals surface area contributed by atoms with Crippen LogP contribution in [0.4, 0.5) is 0 Å². The monoisotopic (exact) mass is 374 g/mol. The van der Waals surface area contributed by atoms with E-state index < -0.39 is 0 Å². The molecule has 1 aliphatic rings. The highest BCUT2D eigenvalue weighted by atomic mass is 16.1. The van der Waals surface area contributed by atoms with Gasteiger partial charge in [0, 0.05) is 11.1 Å². The zero-order valence-electron chi connectivity index (χ0n) is 16.3. The number of fused-ring (bicyclic) bond motifs is 2. The maximum atomic E-state index is 13.3. The molecule has 0 heterocycles. The van der Waals surface area contributed by atoms with Crippen LogP contribution in [-0.2, 0) is 4.79 Å².